The molecule has 0 aliphatic heterocycles. The van der Waals surface area contributed by atoms with Gasteiger partial charge in [0, 0.05) is 4.47 Å². The molecule has 1 aliphatic rings. The summed E-state index contributed by atoms with van der Waals surface area (Å²) in [4.78, 5) is 0.205. The van der Waals surface area contributed by atoms with Gasteiger partial charge in [-0.25, -0.2) is 13.6 Å². The van der Waals surface area contributed by atoms with Crippen LogP contribution < -0.4 is 5.14 Å². The Hall–Kier alpha value is -0.430. The molecule has 0 saturated heterocycles. The van der Waals surface area contributed by atoms with E-state index in [4.69, 9.17) is 5.14 Å². The minimum atomic E-state index is -3.75. The molecule has 0 unspecified atom stereocenters. The summed E-state index contributed by atoms with van der Waals surface area (Å²) in [6, 6.07) is 3.63. The maximum Gasteiger partial charge on any atom is 0.238 e. The summed E-state index contributed by atoms with van der Waals surface area (Å²) in [5.74, 6) is 0.0696. The smallest absolute Gasteiger partial charge is 0.238 e. The largest absolute Gasteiger partial charge is 0.393 e. The molecule has 100 valence electrons. The van der Waals surface area contributed by atoms with Crippen molar-refractivity contribution in [3.63, 3.8) is 0 Å². The van der Waals surface area contributed by atoms with Gasteiger partial charge >= 0.3 is 0 Å². The first-order valence-corrected chi connectivity index (χ1v) is 8.14. The van der Waals surface area contributed by atoms with Gasteiger partial charge in [0.1, 0.15) is 0 Å². The van der Waals surface area contributed by atoms with Crippen LogP contribution in [0.4, 0.5) is 0 Å². The van der Waals surface area contributed by atoms with Crippen molar-refractivity contribution in [2.45, 2.75) is 43.1 Å². The van der Waals surface area contributed by atoms with Crippen molar-refractivity contribution in [2.75, 3.05) is 0 Å². The number of hydrogen-bond acceptors (Lipinski definition) is 3. The third-order valence-corrected chi connectivity index (χ3v) is 5.47. The maximum atomic E-state index is 11.8. The molecule has 1 aromatic carbocycles. The molecule has 0 spiro atoms. The van der Waals surface area contributed by atoms with Gasteiger partial charge in [-0.15, -0.1) is 0 Å². The molecular weight excluding hydrogens is 318 g/mol. The average Bonchev–Trinajstić information content (AvgIpc) is 2.66. The molecule has 0 amide bonds. The quantitative estimate of drug-likeness (QED) is 0.868. The molecule has 18 heavy (non-hydrogen) atoms. The van der Waals surface area contributed by atoms with Crippen LogP contribution in [-0.4, -0.2) is 19.6 Å². The summed E-state index contributed by atoms with van der Waals surface area (Å²) in [6.07, 6.45) is 1.77. The third-order valence-electron chi connectivity index (χ3n) is 3.50. The van der Waals surface area contributed by atoms with E-state index in [0.29, 0.717) is 18.4 Å². The van der Waals surface area contributed by atoms with E-state index < -0.39 is 10.0 Å². The Morgan fingerprint density at radius 2 is 2.06 bits per heavy atom. The summed E-state index contributed by atoms with van der Waals surface area (Å²) in [6.45, 7) is 1.73. The molecule has 1 aliphatic carbocycles. The van der Waals surface area contributed by atoms with Crippen LogP contribution in [0.25, 0.3) is 0 Å². The van der Waals surface area contributed by atoms with Crippen molar-refractivity contribution in [1.29, 1.82) is 0 Å². The standard InChI is InChI=1S/C12H16BrNO3S/c1-7-11(13)5-4-10(12(7)18(14,16)17)8-2-3-9(15)6-8/h4-5,8-9,15H,2-3,6H2,1H3,(H2,14,16,17)/t8-,9+/m1/s1. The molecule has 0 aromatic heterocycles. The fourth-order valence-electron chi connectivity index (χ4n) is 2.63. The second-order valence-electron chi connectivity index (χ2n) is 4.80. The predicted octanol–water partition coefficient (Wildman–Crippen LogP) is 2.03. The number of benzene rings is 1. The SMILES string of the molecule is Cc1c(Br)ccc([C@@H]2CC[C@H](O)C2)c1S(N)(=O)=O. The molecular formula is C12H16BrNO3S. The summed E-state index contributed by atoms with van der Waals surface area (Å²) in [5.41, 5.74) is 1.37. The van der Waals surface area contributed by atoms with Gasteiger partial charge in [0.25, 0.3) is 0 Å². The van der Waals surface area contributed by atoms with Crippen molar-refractivity contribution >= 4 is 26.0 Å². The summed E-state index contributed by atoms with van der Waals surface area (Å²) >= 11 is 3.32. The first kappa shape index (κ1) is 14.0. The Morgan fingerprint density at radius 3 is 2.56 bits per heavy atom. The number of rotatable bonds is 2. The van der Waals surface area contributed by atoms with Crippen molar-refractivity contribution in [3.8, 4) is 0 Å². The minimum Gasteiger partial charge on any atom is -0.393 e. The molecule has 1 fully saturated rings. The zero-order valence-corrected chi connectivity index (χ0v) is 12.5. The zero-order valence-electron chi connectivity index (χ0n) is 10.1. The van der Waals surface area contributed by atoms with Crippen molar-refractivity contribution in [1.82, 2.24) is 0 Å². The Morgan fingerprint density at radius 1 is 1.39 bits per heavy atom. The number of aliphatic hydroxyl groups is 1. The van der Waals surface area contributed by atoms with Gasteiger partial charge in [-0.1, -0.05) is 22.0 Å². The van der Waals surface area contributed by atoms with Crippen LogP contribution in [0, 0.1) is 6.92 Å². The number of hydrogen-bond donors (Lipinski definition) is 2. The Kier molecular flexibility index (Phi) is 3.82. The van der Waals surface area contributed by atoms with Crippen LogP contribution in [0.2, 0.25) is 0 Å². The van der Waals surface area contributed by atoms with Crippen LogP contribution in [0.3, 0.4) is 0 Å². The average molecular weight is 334 g/mol. The van der Waals surface area contributed by atoms with Gasteiger partial charge in [-0.3, -0.25) is 0 Å². The second-order valence-corrected chi connectivity index (χ2v) is 7.15. The molecule has 6 heteroatoms. The predicted molar refractivity (Wildman–Crippen MR) is 72.9 cm³/mol. The second kappa shape index (κ2) is 4.92. The van der Waals surface area contributed by atoms with E-state index in [-0.39, 0.29) is 16.9 Å². The highest BCUT2D eigenvalue weighted by molar-refractivity contribution is 9.10. The first-order chi connectivity index (χ1) is 8.30. The lowest BCUT2D eigenvalue weighted by molar-refractivity contribution is 0.181. The molecule has 3 N–H and O–H groups in total. The van der Waals surface area contributed by atoms with E-state index in [0.717, 1.165) is 16.5 Å². The Balaban J connectivity index is 2.58. The van der Waals surface area contributed by atoms with Gasteiger partial charge in [-0.2, -0.15) is 0 Å². The molecule has 1 aromatic rings. The highest BCUT2D eigenvalue weighted by atomic mass is 79.9. The normalized spacial score (nSPS) is 24.4. The van der Waals surface area contributed by atoms with Gasteiger partial charge in [0.15, 0.2) is 0 Å². The Bertz CT molecular complexity index is 571. The summed E-state index contributed by atoms with van der Waals surface area (Å²) in [7, 11) is -3.75. The van der Waals surface area contributed by atoms with Crippen LogP contribution in [0.1, 0.15) is 36.3 Å². The molecule has 0 radical (unpaired) electrons. The topological polar surface area (TPSA) is 80.4 Å². The zero-order chi connectivity index (χ0) is 13.5. The van der Waals surface area contributed by atoms with E-state index in [1.165, 1.54) is 0 Å². The summed E-state index contributed by atoms with van der Waals surface area (Å²) < 4.78 is 24.2. The van der Waals surface area contributed by atoms with Gasteiger partial charge in [-0.05, 0) is 49.3 Å². The number of halogens is 1. The van der Waals surface area contributed by atoms with E-state index in [1.54, 1.807) is 13.0 Å². The Labute approximate surface area is 115 Å². The molecule has 2 rings (SSSR count). The van der Waals surface area contributed by atoms with E-state index in [1.807, 2.05) is 6.07 Å². The minimum absolute atomic E-state index is 0.0696. The lowest BCUT2D eigenvalue weighted by atomic mass is 9.96. The van der Waals surface area contributed by atoms with Crippen molar-refractivity contribution in [2.24, 2.45) is 5.14 Å². The third kappa shape index (κ3) is 2.61. The van der Waals surface area contributed by atoms with E-state index >= 15 is 0 Å². The molecule has 2 atom stereocenters. The molecule has 0 bridgehead atoms. The van der Waals surface area contributed by atoms with Crippen LogP contribution in [0.5, 0.6) is 0 Å². The number of aliphatic hydroxyl groups excluding tert-OH is 1. The van der Waals surface area contributed by atoms with Gasteiger partial charge < -0.3 is 5.11 Å². The molecule has 0 heterocycles. The lowest BCUT2D eigenvalue weighted by Gasteiger charge is -2.17. The van der Waals surface area contributed by atoms with Gasteiger partial charge in [0.2, 0.25) is 10.0 Å². The maximum absolute atomic E-state index is 11.8. The summed E-state index contributed by atoms with van der Waals surface area (Å²) in [5, 5.41) is 14.9. The molecule has 1 saturated carbocycles. The van der Waals surface area contributed by atoms with Crippen LogP contribution in [-0.2, 0) is 10.0 Å². The van der Waals surface area contributed by atoms with Gasteiger partial charge in [0.05, 0.1) is 11.0 Å². The number of primary sulfonamides is 1. The lowest BCUT2D eigenvalue weighted by Crippen LogP contribution is -2.17. The van der Waals surface area contributed by atoms with E-state index in [2.05, 4.69) is 15.9 Å². The fourth-order valence-corrected chi connectivity index (χ4v) is 4.19. The monoisotopic (exact) mass is 333 g/mol. The number of sulfonamides is 1. The van der Waals surface area contributed by atoms with Crippen molar-refractivity contribution < 1.29 is 13.5 Å². The van der Waals surface area contributed by atoms with E-state index in [9.17, 15) is 13.5 Å². The molecule has 4 nitrogen and oxygen atoms in total. The van der Waals surface area contributed by atoms with Crippen LogP contribution >= 0.6 is 15.9 Å². The highest BCUT2D eigenvalue weighted by Gasteiger charge is 2.29. The highest BCUT2D eigenvalue weighted by Crippen LogP contribution is 2.39. The first-order valence-electron chi connectivity index (χ1n) is 5.80. The van der Waals surface area contributed by atoms with Crippen molar-refractivity contribution in [3.05, 3.63) is 27.7 Å². The fraction of sp³-hybridized carbons (Fsp3) is 0.500. The van der Waals surface area contributed by atoms with Crippen LogP contribution in [0.15, 0.2) is 21.5 Å². The number of nitrogens with two attached hydrogens (primary N) is 1.